The molecule has 0 radical (unpaired) electrons. The summed E-state index contributed by atoms with van der Waals surface area (Å²) in [5.41, 5.74) is 1.07. The second-order valence-corrected chi connectivity index (χ2v) is 7.97. The summed E-state index contributed by atoms with van der Waals surface area (Å²) in [6.07, 6.45) is 2.88. The lowest BCUT2D eigenvalue weighted by atomic mass is 9.99. The number of nitrogens with zero attached hydrogens (tertiary/aromatic N) is 2. The van der Waals surface area contributed by atoms with E-state index in [4.69, 9.17) is 9.47 Å². The van der Waals surface area contributed by atoms with Crippen LogP contribution in [0, 0.1) is 0 Å². The van der Waals surface area contributed by atoms with E-state index in [2.05, 4.69) is 30.0 Å². The lowest BCUT2D eigenvalue weighted by molar-refractivity contribution is -0.132. The molecule has 1 atom stereocenters. The van der Waals surface area contributed by atoms with E-state index >= 15 is 0 Å². The van der Waals surface area contributed by atoms with Crippen LogP contribution in [-0.4, -0.2) is 67.7 Å². The summed E-state index contributed by atoms with van der Waals surface area (Å²) in [4.78, 5) is 17.6. The zero-order valence-corrected chi connectivity index (χ0v) is 16.9. The quantitative estimate of drug-likeness (QED) is 0.815. The smallest absolute Gasteiger partial charge is 0.227 e. The molecular formula is C23H30N2O3. The molecule has 5 heteroatoms. The van der Waals surface area contributed by atoms with Crippen molar-refractivity contribution >= 4 is 16.7 Å². The minimum absolute atomic E-state index is 0.226. The molecule has 28 heavy (non-hydrogen) atoms. The molecular weight excluding hydrogens is 352 g/mol. The van der Waals surface area contributed by atoms with Crippen molar-refractivity contribution in [2.75, 3.05) is 39.9 Å². The summed E-state index contributed by atoms with van der Waals surface area (Å²) in [5, 5.41) is 2.25. The third kappa shape index (κ3) is 4.15. The Bertz CT molecular complexity index is 830. The average Bonchev–Trinajstić information content (AvgIpc) is 2.74. The molecule has 0 aromatic heterocycles. The van der Waals surface area contributed by atoms with Gasteiger partial charge in [0.05, 0.1) is 26.2 Å². The summed E-state index contributed by atoms with van der Waals surface area (Å²) < 4.78 is 11.0. The van der Waals surface area contributed by atoms with Gasteiger partial charge in [-0.3, -0.25) is 9.69 Å². The molecule has 0 N–H and O–H groups in total. The zero-order valence-electron chi connectivity index (χ0n) is 16.9. The van der Waals surface area contributed by atoms with Gasteiger partial charge in [0.15, 0.2) is 0 Å². The van der Waals surface area contributed by atoms with Crippen molar-refractivity contribution in [3.8, 4) is 5.75 Å². The maximum Gasteiger partial charge on any atom is 0.227 e. The van der Waals surface area contributed by atoms with E-state index in [0.717, 1.165) is 67.7 Å². The van der Waals surface area contributed by atoms with Crippen molar-refractivity contribution < 1.29 is 14.3 Å². The molecule has 2 aliphatic heterocycles. The fraction of sp³-hybridized carbons (Fsp3) is 0.522. The predicted octanol–water partition coefficient (Wildman–Crippen LogP) is 3.10. The highest BCUT2D eigenvalue weighted by molar-refractivity contribution is 5.91. The molecule has 0 spiro atoms. The van der Waals surface area contributed by atoms with Gasteiger partial charge in [0.25, 0.3) is 0 Å². The van der Waals surface area contributed by atoms with Crippen molar-refractivity contribution in [3.63, 3.8) is 0 Å². The molecule has 150 valence electrons. The van der Waals surface area contributed by atoms with E-state index in [9.17, 15) is 4.79 Å². The van der Waals surface area contributed by atoms with E-state index < -0.39 is 0 Å². The number of morpholine rings is 1. The van der Waals surface area contributed by atoms with E-state index in [0.29, 0.717) is 18.6 Å². The summed E-state index contributed by atoms with van der Waals surface area (Å²) in [5.74, 6) is 1.05. The maximum absolute atomic E-state index is 13.0. The van der Waals surface area contributed by atoms with Crippen LogP contribution >= 0.6 is 0 Å². The highest BCUT2D eigenvalue weighted by Crippen LogP contribution is 2.26. The normalized spacial score (nSPS) is 21.8. The molecule has 0 saturated carbocycles. The number of ether oxygens (including phenoxy) is 2. The molecule has 2 aliphatic rings. The molecule has 4 rings (SSSR count). The number of hydrogen-bond acceptors (Lipinski definition) is 4. The van der Waals surface area contributed by atoms with Crippen LogP contribution in [0.5, 0.6) is 5.75 Å². The van der Waals surface area contributed by atoms with E-state index in [-0.39, 0.29) is 5.91 Å². The van der Waals surface area contributed by atoms with Gasteiger partial charge in [-0.15, -0.1) is 0 Å². The molecule has 2 saturated heterocycles. The van der Waals surface area contributed by atoms with Crippen LogP contribution in [0.3, 0.4) is 0 Å². The highest BCUT2D eigenvalue weighted by atomic mass is 16.5. The van der Waals surface area contributed by atoms with Gasteiger partial charge in [-0.05, 0) is 48.2 Å². The molecule has 2 aromatic carbocycles. The number of hydrogen-bond donors (Lipinski definition) is 0. The maximum atomic E-state index is 13.0. The number of piperidine rings is 1. The van der Waals surface area contributed by atoms with Gasteiger partial charge in [-0.2, -0.15) is 0 Å². The summed E-state index contributed by atoms with van der Waals surface area (Å²) >= 11 is 0. The van der Waals surface area contributed by atoms with Crippen LogP contribution in [0.25, 0.3) is 10.8 Å². The molecule has 2 heterocycles. The largest absolute Gasteiger partial charge is 0.497 e. The molecule has 2 aromatic rings. The number of carbonyl (C=O) groups excluding carboxylic acids is 1. The van der Waals surface area contributed by atoms with E-state index in [1.54, 1.807) is 7.11 Å². The molecule has 1 amide bonds. The van der Waals surface area contributed by atoms with Crippen LogP contribution in [0.4, 0.5) is 0 Å². The Morgan fingerprint density at radius 2 is 2.00 bits per heavy atom. The van der Waals surface area contributed by atoms with Gasteiger partial charge in [0.2, 0.25) is 5.91 Å². The van der Waals surface area contributed by atoms with Gasteiger partial charge in [0, 0.05) is 32.2 Å². The Morgan fingerprint density at radius 3 is 2.75 bits per heavy atom. The SMILES string of the molecule is COc1ccc2cccc(CC(=O)N3CCC(N4CCOC(C)C4)CC3)c2c1. The van der Waals surface area contributed by atoms with Crippen LogP contribution in [-0.2, 0) is 16.0 Å². The summed E-state index contributed by atoms with van der Waals surface area (Å²) in [6, 6.07) is 12.8. The van der Waals surface area contributed by atoms with Crippen LogP contribution in [0.2, 0.25) is 0 Å². The molecule has 1 unspecified atom stereocenters. The fourth-order valence-corrected chi connectivity index (χ4v) is 4.53. The second kappa shape index (κ2) is 8.50. The Kier molecular flexibility index (Phi) is 5.83. The number of likely N-dealkylation sites (tertiary alicyclic amines) is 1. The number of methoxy groups -OCH3 is 1. The first-order valence-electron chi connectivity index (χ1n) is 10.3. The monoisotopic (exact) mass is 382 g/mol. The standard InChI is InChI=1S/C23H30N2O3/c1-17-16-25(12-13-28-17)20-8-10-24(11-9-20)23(26)14-19-5-3-4-18-6-7-21(27-2)15-22(18)19/h3-7,15,17,20H,8-14,16H2,1-2H3. The molecule has 0 bridgehead atoms. The van der Waals surface area contributed by atoms with Crippen molar-refractivity contribution in [1.29, 1.82) is 0 Å². The fourth-order valence-electron chi connectivity index (χ4n) is 4.53. The van der Waals surface area contributed by atoms with Crippen molar-refractivity contribution in [1.82, 2.24) is 9.80 Å². The highest BCUT2D eigenvalue weighted by Gasteiger charge is 2.29. The second-order valence-electron chi connectivity index (χ2n) is 7.97. The topological polar surface area (TPSA) is 42.0 Å². The third-order valence-electron chi connectivity index (χ3n) is 6.13. The Labute approximate surface area is 167 Å². The minimum Gasteiger partial charge on any atom is -0.497 e. The lowest BCUT2D eigenvalue weighted by Crippen LogP contribution is -2.52. The van der Waals surface area contributed by atoms with Gasteiger partial charge in [-0.25, -0.2) is 0 Å². The first-order valence-corrected chi connectivity index (χ1v) is 10.3. The Hall–Kier alpha value is -2.11. The molecule has 5 nitrogen and oxygen atoms in total. The predicted molar refractivity (Wildman–Crippen MR) is 111 cm³/mol. The van der Waals surface area contributed by atoms with Gasteiger partial charge in [0.1, 0.15) is 5.75 Å². The van der Waals surface area contributed by atoms with Crippen LogP contribution in [0.15, 0.2) is 36.4 Å². The van der Waals surface area contributed by atoms with Crippen molar-refractivity contribution in [2.45, 2.75) is 38.3 Å². The average molecular weight is 383 g/mol. The number of benzene rings is 2. The van der Waals surface area contributed by atoms with Crippen LogP contribution < -0.4 is 4.74 Å². The summed E-state index contributed by atoms with van der Waals surface area (Å²) in [6.45, 7) is 6.69. The van der Waals surface area contributed by atoms with E-state index in [1.165, 1.54) is 0 Å². The molecule has 2 fully saturated rings. The Balaban J connectivity index is 1.39. The van der Waals surface area contributed by atoms with Crippen LogP contribution in [0.1, 0.15) is 25.3 Å². The number of carbonyl (C=O) groups is 1. The Morgan fingerprint density at radius 1 is 1.18 bits per heavy atom. The van der Waals surface area contributed by atoms with Crippen molar-refractivity contribution in [2.24, 2.45) is 0 Å². The number of rotatable bonds is 4. The third-order valence-corrected chi connectivity index (χ3v) is 6.13. The first-order chi connectivity index (χ1) is 13.6. The minimum atomic E-state index is 0.226. The number of amides is 1. The molecule has 0 aliphatic carbocycles. The number of fused-ring (bicyclic) bond motifs is 1. The summed E-state index contributed by atoms with van der Waals surface area (Å²) in [7, 11) is 1.67. The van der Waals surface area contributed by atoms with E-state index in [1.807, 2.05) is 23.1 Å². The van der Waals surface area contributed by atoms with Crippen molar-refractivity contribution in [3.05, 3.63) is 42.0 Å². The van der Waals surface area contributed by atoms with Gasteiger partial charge in [-0.1, -0.05) is 24.3 Å². The van der Waals surface area contributed by atoms with Gasteiger partial charge < -0.3 is 14.4 Å². The van der Waals surface area contributed by atoms with Gasteiger partial charge >= 0.3 is 0 Å². The lowest BCUT2D eigenvalue weighted by Gasteiger charge is -2.41. The zero-order chi connectivity index (χ0) is 19.5. The first kappa shape index (κ1) is 19.2.